The molecule has 1 aromatic heterocycles. The van der Waals surface area contributed by atoms with E-state index in [0.29, 0.717) is 0 Å². The molecule has 350 valence electrons. The van der Waals surface area contributed by atoms with E-state index in [9.17, 15) is 0 Å². The molecule has 0 saturated heterocycles. The summed E-state index contributed by atoms with van der Waals surface area (Å²) in [5, 5.41) is 2.45. The van der Waals surface area contributed by atoms with Crippen LogP contribution in [0.1, 0.15) is 52.3 Å². The lowest BCUT2D eigenvalue weighted by Crippen LogP contribution is -2.28. The molecule has 1 atom stereocenters. The maximum atomic E-state index is 2.57. The van der Waals surface area contributed by atoms with E-state index in [0.717, 1.165) is 40.3 Å². The molecule has 0 amide bonds. The molecule has 1 unspecified atom stereocenters. The van der Waals surface area contributed by atoms with E-state index < -0.39 is 5.41 Å². The van der Waals surface area contributed by atoms with E-state index in [-0.39, 0.29) is 5.41 Å². The quantitative estimate of drug-likeness (QED) is 0.140. The van der Waals surface area contributed by atoms with Crippen LogP contribution in [0.5, 0.6) is 0 Å². The molecule has 12 aromatic rings. The van der Waals surface area contributed by atoms with Gasteiger partial charge >= 0.3 is 0 Å². The second-order valence-corrected chi connectivity index (χ2v) is 20.1. The predicted molar refractivity (Wildman–Crippen MR) is 310 cm³/mol. The average Bonchev–Trinajstić information content (AvgIpc) is 3.98. The Kier molecular flexibility index (Phi) is 10.3. The molecule has 0 spiro atoms. The van der Waals surface area contributed by atoms with Crippen LogP contribution in [0.3, 0.4) is 0 Å². The molecule has 2 aliphatic carbocycles. The summed E-state index contributed by atoms with van der Waals surface area (Å²) in [7, 11) is 0. The minimum Gasteiger partial charge on any atom is -0.309 e. The lowest BCUT2D eigenvalue weighted by molar-refractivity contribution is 0.576. The van der Waals surface area contributed by atoms with Gasteiger partial charge in [0.25, 0.3) is 0 Å². The Hall–Kier alpha value is -9.24. The summed E-state index contributed by atoms with van der Waals surface area (Å²) in [6.45, 7) is 2.43. The van der Waals surface area contributed by atoms with Gasteiger partial charge in [-0.25, -0.2) is 0 Å². The fraction of sp³-hybridized carbons (Fsp3) is 0.0556. The van der Waals surface area contributed by atoms with Crippen molar-refractivity contribution >= 4 is 44.9 Å². The second kappa shape index (κ2) is 17.5. The highest BCUT2D eigenvalue weighted by Gasteiger charge is 2.46. The zero-order chi connectivity index (χ0) is 49.2. The van der Waals surface area contributed by atoms with Gasteiger partial charge in [-0.3, -0.25) is 0 Å². The molecule has 0 radical (unpaired) electrons. The Morgan fingerprint density at radius 3 is 1.61 bits per heavy atom. The Balaban J connectivity index is 1.08. The van der Waals surface area contributed by atoms with E-state index in [1.165, 1.54) is 83.0 Å². The van der Waals surface area contributed by atoms with Crippen molar-refractivity contribution in [2.45, 2.75) is 24.2 Å². The molecule has 2 heteroatoms. The van der Waals surface area contributed by atoms with Gasteiger partial charge in [-0.2, -0.15) is 0 Å². The molecule has 11 aromatic carbocycles. The highest BCUT2D eigenvalue weighted by molar-refractivity contribution is 6.15. The summed E-state index contributed by atoms with van der Waals surface area (Å²) in [6.07, 6.45) is 5.59. The minimum absolute atomic E-state index is 0.261. The normalized spacial score (nSPS) is 15.1. The fourth-order valence-corrected chi connectivity index (χ4v) is 13.0. The maximum Gasteiger partial charge on any atom is 0.0714 e. The topological polar surface area (TPSA) is 8.17 Å². The number of nitrogens with zero attached hydrogens (tertiary/aromatic N) is 2. The number of benzene rings is 11. The molecule has 0 N–H and O–H groups in total. The first-order valence-electron chi connectivity index (χ1n) is 25.9. The van der Waals surface area contributed by atoms with Crippen LogP contribution in [0.4, 0.5) is 17.1 Å². The molecule has 74 heavy (non-hydrogen) atoms. The van der Waals surface area contributed by atoms with Crippen LogP contribution in [0.15, 0.2) is 279 Å². The maximum absolute atomic E-state index is 2.57. The van der Waals surface area contributed by atoms with Crippen LogP contribution in [0.25, 0.3) is 66.9 Å². The fourth-order valence-electron chi connectivity index (χ4n) is 13.0. The Morgan fingerprint density at radius 1 is 0.392 bits per heavy atom. The zero-order valence-electron chi connectivity index (χ0n) is 41.2. The standard InChI is InChI=1S/C72H52N2/c1-71(51-27-6-2-7-28-51)48-24-26-50-25-22-39-61(69(50)71)58-36-15-19-43-66(58)73(55-46-47-57-56-35-14-18-42-64(56)72(65(57)49-55,52-29-8-3-9-30-52)53-31-10-4-11-32-53)67-44-20-16-37-59(67)62-40-23-41-63-60-38-17-21-45-68(60)74(70(62)63)54-33-12-5-13-34-54/h2-47,49H,48H2,1H3. The van der Waals surface area contributed by atoms with Gasteiger partial charge in [0.1, 0.15) is 0 Å². The van der Waals surface area contributed by atoms with Crippen molar-refractivity contribution in [1.82, 2.24) is 4.57 Å². The molecular formula is C72H52N2. The number of fused-ring (bicyclic) bond motifs is 7. The van der Waals surface area contributed by atoms with Crippen LogP contribution in [-0.4, -0.2) is 4.57 Å². The van der Waals surface area contributed by atoms with Crippen molar-refractivity contribution in [3.05, 3.63) is 318 Å². The van der Waals surface area contributed by atoms with Crippen LogP contribution in [-0.2, 0) is 10.8 Å². The number of rotatable bonds is 9. The number of aromatic nitrogens is 1. The van der Waals surface area contributed by atoms with Crippen molar-refractivity contribution in [2.75, 3.05) is 4.90 Å². The molecular weight excluding hydrogens is 893 g/mol. The second-order valence-electron chi connectivity index (χ2n) is 20.1. The third-order valence-corrected chi connectivity index (χ3v) is 16.2. The van der Waals surface area contributed by atoms with Gasteiger partial charge in [-0.1, -0.05) is 250 Å². The molecule has 0 bridgehead atoms. The molecule has 0 fully saturated rings. The Morgan fingerprint density at radius 2 is 0.905 bits per heavy atom. The summed E-state index contributed by atoms with van der Waals surface area (Å²) < 4.78 is 2.46. The van der Waals surface area contributed by atoms with Gasteiger partial charge in [0.2, 0.25) is 0 Å². The highest BCUT2D eigenvalue weighted by Crippen LogP contribution is 2.58. The Bertz CT molecular complexity index is 4070. The minimum atomic E-state index is -0.584. The van der Waals surface area contributed by atoms with Crippen molar-refractivity contribution in [2.24, 2.45) is 0 Å². The Labute approximate surface area is 433 Å². The number of hydrogen-bond acceptors (Lipinski definition) is 1. The summed E-state index contributed by atoms with van der Waals surface area (Å²) >= 11 is 0. The molecule has 0 aliphatic heterocycles. The van der Waals surface area contributed by atoms with E-state index in [2.05, 4.69) is 302 Å². The van der Waals surface area contributed by atoms with Gasteiger partial charge in [0, 0.05) is 44.3 Å². The molecule has 2 aliphatic rings. The number of para-hydroxylation sites is 5. The summed E-state index contributed by atoms with van der Waals surface area (Å²) in [6, 6.07) is 101. The molecule has 0 saturated carbocycles. The van der Waals surface area contributed by atoms with Gasteiger partial charge in [0.05, 0.1) is 27.8 Å². The number of hydrogen-bond donors (Lipinski definition) is 0. The van der Waals surface area contributed by atoms with Crippen LogP contribution >= 0.6 is 0 Å². The third kappa shape index (κ3) is 6.58. The average molecular weight is 945 g/mol. The summed E-state index contributed by atoms with van der Waals surface area (Å²) in [5.74, 6) is 0. The van der Waals surface area contributed by atoms with Crippen LogP contribution in [0, 0.1) is 0 Å². The summed E-state index contributed by atoms with van der Waals surface area (Å²) in [4.78, 5) is 2.57. The van der Waals surface area contributed by atoms with Gasteiger partial charge in [-0.15, -0.1) is 0 Å². The monoisotopic (exact) mass is 944 g/mol. The molecule has 1 heterocycles. The number of anilines is 3. The van der Waals surface area contributed by atoms with E-state index in [4.69, 9.17) is 0 Å². The summed E-state index contributed by atoms with van der Waals surface area (Å²) in [5.41, 5.74) is 22.1. The van der Waals surface area contributed by atoms with E-state index in [1.54, 1.807) is 0 Å². The van der Waals surface area contributed by atoms with Gasteiger partial charge < -0.3 is 9.47 Å². The van der Waals surface area contributed by atoms with Crippen molar-refractivity contribution in [3.8, 4) is 39.1 Å². The lowest BCUT2D eigenvalue weighted by Gasteiger charge is -2.37. The van der Waals surface area contributed by atoms with E-state index in [1.807, 2.05) is 0 Å². The molecule has 2 nitrogen and oxygen atoms in total. The third-order valence-electron chi connectivity index (χ3n) is 16.2. The van der Waals surface area contributed by atoms with Crippen LogP contribution in [0.2, 0.25) is 0 Å². The first-order valence-corrected chi connectivity index (χ1v) is 25.9. The first kappa shape index (κ1) is 43.5. The number of allylic oxidation sites excluding steroid dienone is 1. The predicted octanol–water partition coefficient (Wildman–Crippen LogP) is 18.7. The van der Waals surface area contributed by atoms with Crippen molar-refractivity contribution in [1.29, 1.82) is 0 Å². The largest absolute Gasteiger partial charge is 0.309 e. The zero-order valence-corrected chi connectivity index (χ0v) is 41.2. The van der Waals surface area contributed by atoms with Crippen molar-refractivity contribution in [3.63, 3.8) is 0 Å². The molecule has 14 rings (SSSR count). The van der Waals surface area contributed by atoms with Gasteiger partial charge in [0.15, 0.2) is 0 Å². The SMILES string of the molecule is CC1(c2ccccc2)CC=Cc2cccc(-c3ccccc3N(c3ccc4c(c3)C(c3ccccc3)(c3ccccc3)c3ccccc3-4)c3ccccc3-c3cccc4c5ccccc5n(-c5ccccc5)c34)c21. The lowest BCUT2D eigenvalue weighted by atomic mass is 9.67. The van der Waals surface area contributed by atoms with Gasteiger partial charge in [-0.05, 0) is 105 Å². The highest BCUT2D eigenvalue weighted by atomic mass is 15.1. The van der Waals surface area contributed by atoms with Crippen LogP contribution < -0.4 is 4.90 Å². The van der Waals surface area contributed by atoms with Crippen molar-refractivity contribution < 1.29 is 0 Å². The first-order chi connectivity index (χ1) is 36.6. The van der Waals surface area contributed by atoms with E-state index >= 15 is 0 Å². The smallest absolute Gasteiger partial charge is 0.0714 e.